The molecule has 132 valence electrons. The highest BCUT2D eigenvalue weighted by Crippen LogP contribution is 2.44. The Labute approximate surface area is 152 Å². The summed E-state index contributed by atoms with van der Waals surface area (Å²) in [6, 6.07) is 15.5. The number of ether oxygens (including phenoxy) is 2. The van der Waals surface area contributed by atoms with Crippen LogP contribution in [-0.2, 0) is 11.2 Å². The molecule has 1 aromatic heterocycles. The lowest BCUT2D eigenvalue weighted by Crippen LogP contribution is -2.24. The van der Waals surface area contributed by atoms with Crippen molar-refractivity contribution in [1.82, 2.24) is 4.98 Å². The van der Waals surface area contributed by atoms with Crippen molar-refractivity contribution in [1.29, 1.82) is 0 Å². The van der Waals surface area contributed by atoms with E-state index in [4.69, 9.17) is 9.47 Å². The minimum absolute atomic E-state index is 0.176. The van der Waals surface area contributed by atoms with E-state index in [1.54, 1.807) is 0 Å². The third-order valence-electron chi connectivity index (χ3n) is 4.27. The van der Waals surface area contributed by atoms with Crippen molar-refractivity contribution in [2.45, 2.75) is 32.8 Å². The monoisotopic (exact) mass is 348 g/mol. The molecule has 0 unspecified atom stereocenters. The maximum absolute atomic E-state index is 11.4. The van der Waals surface area contributed by atoms with Gasteiger partial charge < -0.3 is 14.8 Å². The topological polar surface area (TPSA) is 60.5 Å². The number of benzene rings is 2. The van der Waals surface area contributed by atoms with Gasteiger partial charge in [0.2, 0.25) is 11.8 Å². The van der Waals surface area contributed by atoms with Gasteiger partial charge in [-0.2, -0.15) is 4.98 Å². The number of pyridine rings is 1. The molecule has 2 heterocycles. The highest BCUT2D eigenvalue weighted by Gasteiger charge is 2.32. The van der Waals surface area contributed by atoms with Crippen molar-refractivity contribution in [3.05, 3.63) is 54.1 Å². The molecule has 2 aromatic carbocycles. The molecule has 0 spiro atoms. The molecular weight excluding hydrogens is 328 g/mol. The number of nitrogens with zero attached hydrogens (tertiary/aromatic N) is 1. The van der Waals surface area contributed by atoms with E-state index in [-0.39, 0.29) is 11.5 Å². The van der Waals surface area contributed by atoms with E-state index in [1.807, 2.05) is 42.5 Å². The van der Waals surface area contributed by atoms with E-state index in [1.165, 1.54) is 6.92 Å². The largest absolute Gasteiger partial charge is 0.483 e. The molecule has 4 rings (SSSR count). The summed E-state index contributed by atoms with van der Waals surface area (Å²) >= 11 is 0. The molecule has 1 aliphatic heterocycles. The predicted molar refractivity (Wildman–Crippen MR) is 101 cm³/mol. The second kappa shape index (κ2) is 6.02. The molecule has 1 amide bonds. The van der Waals surface area contributed by atoms with Crippen molar-refractivity contribution in [3.8, 4) is 17.4 Å². The van der Waals surface area contributed by atoms with Crippen LogP contribution >= 0.6 is 0 Å². The van der Waals surface area contributed by atoms with Gasteiger partial charge in [0.1, 0.15) is 11.4 Å². The normalized spacial score (nSPS) is 14.6. The molecule has 5 heteroatoms. The summed E-state index contributed by atoms with van der Waals surface area (Å²) in [5.41, 5.74) is 0.866. The zero-order valence-electron chi connectivity index (χ0n) is 15.0. The summed E-state index contributed by atoms with van der Waals surface area (Å²) in [5.74, 6) is 2.11. The van der Waals surface area contributed by atoms with Crippen LogP contribution in [0, 0.1) is 0 Å². The number of hydrogen-bond acceptors (Lipinski definition) is 4. The summed E-state index contributed by atoms with van der Waals surface area (Å²) in [4.78, 5) is 15.9. The zero-order valence-corrected chi connectivity index (χ0v) is 15.0. The van der Waals surface area contributed by atoms with Crippen LogP contribution in [0.3, 0.4) is 0 Å². The van der Waals surface area contributed by atoms with Crippen molar-refractivity contribution in [2.75, 3.05) is 5.32 Å². The molecule has 3 aromatic rings. The van der Waals surface area contributed by atoms with Crippen LogP contribution < -0.4 is 14.8 Å². The Balaban J connectivity index is 1.79. The van der Waals surface area contributed by atoms with Gasteiger partial charge in [-0.3, -0.25) is 4.79 Å². The Hall–Kier alpha value is -3.08. The van der Waals surface area contributed by atoms with Crippen LogP contribution in [-0.4, -0.2) is 16.5 Å². The second-order valence-electron chi connectivity index (χ2n) is 7.10. The van der Waals surface area contributed by atoms with Gasteiger partial charge in [0.15, 0.2) is 11.5 Å². The standard InChI is InChI=1S/C21H20N2O3/c1-13(24)22-18-11-14-7-4-5-9-16(14)20(23-18)25-17-10-6-8-15-12-21(2,3)26-19(15)17/h4-11H,12H2,1-3H3,(H,22,23,24). The van der Waals surface area contributed by atoms with Gasteiger partial charge >= 0.3 is 0 Å². The molecule has 0 radical (unpaired) electrons. The summed E-state index contributed by atoms with van der Waals surface area (Å²) in [6.45, 7) is 5.57. The molecular formula is C21H20N2O3. The minimum atomic E-state index is -0.255. The van der Waals surface area contributed by atoms with E-state index >= 15 is 0 Å². The summed E-state index contributed by atoms with van der Waals surface area (Å²) in [7, 11) is 0. The van der Waals surface area contributed by atoms with Crippen molar-refractivity contribution in [3.63, 3.8) is 0 Å². The number of anilines is 1. The van der Waals surface area contributed by atoms with E-state index in [2.05, 4.69) is 30.2 Å². The molecule has 0 atom stereocenters. The lowest BCUT2D eigenvalue weighted by Gasteiger charge is -2.18. The van der Waals surface area contributed by atoms with Crippen LogP contribution in [0.1, 0.15) is 26.3 Å². The lowest BCUT2D eigenvalue weighted by atomic mass is 10.0. The molecule has 1 aliphatic rings. The first kappa shape index (κ1) is 16.4. The SMILES string of the molecule is CC(=O)Nc1cc2ccccc2c(Oc2cccc3c2OC(C)(C)C3)n1. The average molecular weight is 348 g/mol. The van der Waals surface area contributed by atoms with E-state index in [0.717, 1.165) is 28.5 Å². The smallest absolute Gasteiger partial charge is 0.229 e. The van der Waals surface area contributed by atoms with Gasteiger partial charge in [-0.25, -0.2) is 0 Å². The number of carbonyl (C=O) groups is 1. The first-order valence-electron chi connectivity index (χ1n) is 8.57. The quantitative estimate of drug-likeness (QED) is 0.745. The number of fused-ring (bicyclic) bond motifs is 2. The molecule has 0 fully saturated rings. The first-order chi connectivity index (χ1) is 12.4. The van der Waals surface area contributed by atoms with Crippen LogP contribution in [0.4, 0.5) is 5.82 Å². The summed E-state index contributed by atoms with van der Waals surface area (Å²) in [5, 5.41) is 4.54. The fourth-order valence-corrected chi connectivity index (χ4v) is 3.26. The second-order valence-corrected chi connectivity index (χ2v) is 7.10. The summed E-state index contributed by atoms with van der Waals surface area (Å²) in [6.07, 6.45) is 0.833. The third-order valence-corrected chi connectivity index (χ3v) is 4.27. The van der Waals surface area contributed by atoms with E-state index in [0.29, 0.717) is 17.4 Å². The van der Waals surface area contributed by atoms with Gasteiger partial charge in [0, 0.05) is 24.3 Å². The van der Waals surface area contributed by atoms with Crippen LogP contribution in [0.5, 0.6) is 17.4 Å². The maximum Gasteiger partial charge on any atom is 0.229 e. The van der Waals surface area contributed by atoms with Crippen molar-refractivity contribution in [2.24, 2.45) is 0 Å². The number of nitrogens with one attached hydrogen (secondary N) is 1. The molecule has 0 bridgehead atoms. The van der Waals surface area contributed by atoms with E-state index < -0.39 is 0 Å². The summed E-state index contributed by atoms with van der Waals surface area (Å²) < 4.78 is 12.2. The lowest BCUT2D eigenvalue weighted by molar-refractivity contribution is -0.114. The molecule has 0 saturated carbocycles. The Morgan fingerprint density at radius 2 is 2.00 bits per heavy atom. The van der Waals surface area contributed by atoms with Gasteiger partial charge in [-0.1, -0.05) is 30.3 Å². The van der Waals surface area contributed by atoms with Gasteiger partial charge in [-0.05, 0) is 37.4 Å². The Kier molecular flexibility index (Phi) is 3.80. The number of rotatable bonds is 3. The third kappa shape index (κ3) is 3.08. The van der Waals surface area contributed by atoms with Crippen molar-refractivity contribution >= 4 is 22.5 Å². The highest BCUT2D eigenvalue weighted by molar-refractivity contribution is 5.93. The number of carbonyl (C=O) groups excluding carboxylic acids is 1. The zero-order chi connectivity index (χ0) is 18.3. The minimum Gasteiger partial charge on any atom is -0.483 e. The first-order valence-corrected chi connectivity index (χ1v) is 8.57. The molecule has 1 N–H and O–H groups in total. The Morgan fingerprint density at radius 3 is 2.81 bits per heavy atom. The molecule has 0 aliphatic carbocycles. The van der Waals surface area contributed by atoms with Crippen LogP contribution in [0.25, 0.3) is 10.8 Å². The fourth-order valence-electron chi connectivity index (χ4n) is 3.26. The Bertz CT molecular complexity index is 1010. The van der Waals surface area contributed by atoms with Crippen molar-refractivity contribution < 1.29 is 14.3 Å². The van der Waals surface area contributed by atoms with Crippen LogP contribution in [0.2, 0.25) is 0 Å². The molecule has 26 heavy (non-hydrogen) atoms. The maximum atomic E-state index is 11.4. The number of para-hydroxylation sites is 1. The van der Waals surface area contributed by atoms with Gasteiger partial charge in [0.25, 0.3) is 0 Å². The number of amides is 1. The highest BCUT2D eigenvalue weighted by atomic mass is 16.5. The Morgan fingerprint density at radius 1 is 1.19 bits per heavy atom. The van der Waals surface area contributed by atoms with Crippen LogP contribution in [0.15, 0.2) is 48.5 Å². The van der Waals surface area contributed by atoms with Gasteiger partial charge in [-0.15, -0.1) is 0 Å². The van der Waals surface area contributed by atoms with E-state index in [9.17, 15) is 4.79 Å². The molecule has 0 saturated heterocycles. The fraction of sp³-hybridized carbons (Fsp3) is 0.238. The van der Waals surface area contributed by atoms with Gasteiger partial charge in [0.05, 0.1) is 0 Å². The average Bonchev–Trinajstić information content (AvgIpc) is 2.89. The number of aromatic nitrogens is 1. The predicted octanol–water partition coefficient (Wildman–Crippen LogP) is 4.70. The molecule has 5 nitrogen and oxygen atoms in total. The number of hydrogen-bond donors (Lipinski definition) is 1.